The lowest BCUT2D eigenvalue weighted by atomic mass is 10.2. The molecule has 0 unspecified atom stereocenters. The van der Waals surface area contributed by atoms with Gasteiger partial charge >= 0.3 is 0 Å². The Morgan fingerprint density at radius 2 is 1.97 bits per heavy atom. The fraction of sp³-hybridized carbons (Fsp3) is 0.238. The Hall–Kier alpha value is -3.13. The molecule has 3 rings (SSSR count). The number of aromatic nitrogens is 3. The SMILES string of the molecule is COc1cn(CC(=O)Nc2ccc(C)cc2)c(CSc2nccc(C)n2)cc1=O. The van der Waals surface area contributed by atoms with Gasteiger partial charge in [-0.05, 0) is 32.0 Å². The molecule has 2 aromatic heterocycles. The first-order valence-corrected chi connectivity index (χ1v) is 9.99. The van der Waals surface area contributed by atoms with Crippen LogP contribution in [0.5, 0.6) is 5.75 Å². The Labute approximate surface area is 173 Å². The number of pyridine rings is 1. The van der Waals surface area contributed by atoms with E-state index in [1.165, 1.54) is 24.9 Å². The third kappa shape index (κ3) is 5.68. The van der Waals surface area contributed by atoms with Gasteiger partial charge in [0.25, 0.3) is 0 Å². The third-order valence-electron chi connectivity index (χ3n) is 4.17. The number of hydrogen-bond donors (Lipinski definition) is 1. The molecule has 1 N–H and O–H groups in total. The quantitative estimate of drug-likeness (QED) is 0.476. The summed E-state index contributed by atoms with van der Waals surface area (Å²) < 4.78 is 6.85. The number of ether oxygens (including phenoxy) is 1. The topological polar surface area (TPSA) is 86.1 Å². The van der Waals surface area contributed by atoms with Crippen LogP contribution in [0.15, 0.2) is 58.7 Å². The summed E-state index contributed by atoms with van der Waals surface area (Å²) in [6, 6.07) is 10.9. The van der Waals surface area contributed by atoms with Gasteiger partial charge in [0.1, 0.15) is 6.54 Å². The van der Waals surface area contributed by atoms with Gasteiger partial charge in [-0.3, -0.25) is 9.59 Å². The predicted molar refractivity (Wildman–Crippen MR) is 113 cm³/mol. The van der Waals surface area contributed by atoms with Crippen molar-refractivity contribution in [3.8, 4) is 5.75 Å². The zero-order valence-corrected chi connectivity index (χ0v) is 17.3. The molecule has 1 aromatic carbocycles. The van der Waals surface area contributed by atoms with Gasteiger partial charge in [-0.1, -0.05) is 29.5 Å². The van der Waals surface area contributed by atoms with Crippen molar-refractivity contribution in [3.05, 3.63) is 76.0 Å². The van der Waals surface area contributed by atoms with Crippen molar-refractivity contribution in [1.29, 1.82) is 0 Å². The van der Waals surface area contributed by atoms with E-state index in [2.05, 4.69) is 15.3 Å². The Morgan fingerprint density at radius 1 is 1.21 bits per heavy atom. The van der Waals surface area contributed by atoms with Gasteiger partial charge in [-0.15, -0.1) is 0 Å². The standard InChI is InChI=1S/C21H22N4O3S/c1-14-4-6-16(7-5-14)24-20(27)12-25-11-19(28-3)18(26)10-17(25)13-29-21-22-9-8-15(2)23-21/h4-11H,12-13H2,1-3H3,(H,24,27). The summed E-state index contributed by atoms with van der Waals surface area (Å²) in [5.74, 6) is 0.437. The van der Waals surface area contributed by atoms with Crippen molar-refractivity contribution in [2.45, 2.75) is 31.3 Å². The van der Waals surface area contributed by atoms with Crippen molar-refractivity contribution in [3.63, 3.8) is 0 Å². The van der Waals surface area contributed by atoms with E-state index in [0.29, 0.717) is 16.6 Å². The number of amides is 1. The molecule has 0 bridgehead atoms. The highest BCUT2D eigenvalue weighted by atomic mass is 32.2. The van der Waals surface area contributed by atoms with E-state index in [9.17, 15) is 9.59 Å². The molecular weight excluding hydrogens is 388 g/mol. The van der Waals surface area contributed by atoms with Gasteiger partial charge in [0, 0.05) is 35.1 Å². The second kappa shape index (κ2) is 9.38. The minimum absolute atomic E-state index is 0.0507. The lowest BCUT2D eigenvalue weighted by Gasteiger charge is -2.15. The molecule has 0 spiro atoms. The predicted octanol–water partition coefficient (Wildman–Crippen LogP) is 3.19. The van der Waals surface area contributed by atoms with Crippen LogP contribution in [0.1, 0.15) is 17.0 Å². The van der Waals surface area contributed by atoms with E-state index in [1.807, 2.05) is 44.2 Å². The Bertz CT molecular complexity index is 1060. The average molecular weight is 410 g/mol. The number of nitrogens with zero attached hydrogens (tertiary/aromatic N) is 3. The second-order valence-corrected chi connectivity index (χ2v) is 7.45. The molecule has 1 amide bonds. The van der Waals surface area contributed by atoms with Crippen molar-refractivity contribution in [1.82, 2.24) is 14.5 Å². The van der Waals surface area contributed by atoms with Crippen LogP contribution in [0.2, 0.25) is 0 Å². The molecule has 0 aliphatic rings. The summed E-state index contributed by atoms with van der Waals surface area (Å²) in [6.45, 7) is 3.93. The van der Waals surface area contributed by atoms with E-state index in [-0.39, 0.29) is 23.6 Å². The van der Waals surface area contributed by atoms with E-state index < -0.39 is 0 Å². The maximum atomic E-state index is 12.5. The second-order valence-electron chi connectivity index (χ2n) is 6.51. The molecule has 0 aliphatic carbocycles. The number of anilines is 1. The molecule has 0 radical (unpaired) electrons. The summed E-state index contributed by atoms with van der Waals surface area (Å²) in [4.78, 5) is 33.3. The van der Waals surface area contributed by atoms with Gasteiger partial charge in [0.2, 0.25) is 11.3 Å². The van der Waals surface area contributed by atoms with Gasteiger partial charge in [-0.25, -0.2) is 9.97 Å². The Balaban J connectivity index is 1.78. The highest BCUT2D eigenvalue weighted by molar-refractivity contribution is 7.98. The van der Waals surface area contributed by atoms with Crippen molar-refractivity contribution in [2.24, 2.45) is 0 Å². The highest BCUT2D eigenvalue weighted by Gasteiger charge is 2.12. The smallest absolute Gasteiger partial charge is 0.244 e. The average Bonchev–Trinajstić information content (AvgIpc) is 2.69. The number of thioether (sulfide) groups is 1. The maximum Gasteiger partial charge on any atom is 0.244 e. The summed E-state index contributed by atoms with van der Waals surface area (Å²) >= 11 is 1.40. The molecule has 8 heteroatoms. The maximum absolute atomic E-state index is 12.5. The van der Waals surface area contributed by atoms with Gasteiger partial charge < -0.3 is 14.6 Å². The first-order chi connectivity index (χ1) is 13.9. The van der Waals surface area contributed by atoms with Gasteiger partial charge in [0.05, 0.1) is 13.3 Å². The molecule has 0 atom stereocenters. The minimum atomic E-state index is -0.233. The normalized spacial score (nSPS) is 10.6. The van der Waals surface area contributed by atoms with Crippen LogP contribution in [0, 0.1) is 13.8 Å². The van der Waals surface area contributed by atoms with E-state index in [0.717, 1.165) is 16.9 Å². The van der Waals surface area contributed by atoms with Crippen molar-refractivity contribution >= 4 is 23.4 Å². The van der Waals surface area contributed by atoms with Gasteiger partial charge in [0.15, 0.2) is 10.9 Å². The summed E-state index contributed by atoms with van der Waals surface area (Å²) in [5, 5.41) is 3.48. The van der Waals surface area contributed by atoms with Crippen molar-refractivity contribution < 1.29 is 9.53 Å². The number of nitrogens with one attached hydrogen (secondary N) is 1. The van der Waals surface area contributed by atoms with Crippen molar-refractivity contribution in [2.75, 3.05) is 12.4 Å². The van der Waals surface area contributed by atoms with E-state index in [4.69, 9.17) is 4.74 Å². The van der Waals surface area contributed by atoms with Crippen LogP contribution in [0.3, 0.4) is 0 Å². The molecule has 3 aromatic rings. The Kier molecular flexibility index (Phi) is 6.66. The molecule has 7 nitrogen and oxygen atoms in total. The third-order valence-corrected chi connectivity index (χ3v) is 5.07. The molecule has 29 heavy (non-hydrogen) atoms. The van der Waals surface area contributed by atoms with E-state index in [1.54, 1.807) is 17.0 Å². The van der Waals surface area contributed by atoms with Gasteiger partial charge in [-0.2, -0.15) is 0 Å². The number of benzene rings is 1. The highest BCUT2D eigenvalue weighted by Crippen LogP contribution is 2.20. The zero-order valence-electron chi connectivity index (χ0n) is 16.5. The first-order valence-electron chi connectivity index (χ1n) is 9.01. The molecule has 0 fully saturated rings. The number of methoxy groups -OCH3 is 1. The summed E-state index contributed by atoms with van der Waals surface area (Å²) in [6.07, 6.45) is 3.25. The molecular formula is C21H22N4O3S. The lowest BCUT2D eigenvalue weighted by Crippen LogP contribution is -2.22. The molecule has 0 saturated carbocycles. The molecule has 150 valence electrons. The Morgan fingerprint density at radius 3 is 2.66 bits per heavy atom. The largest absolute Gasteiger partial charge is 0.491 e. The number of rotatable bonds is 7. The van der Waals surface area contributed by atoms with Crippen LogP contribution >= 0.6 is 11.8 Å². The fourth-order valence-corrected chi connectivity index (χ4v) is 3.51. The van der Waals surface area contributed by atoms with Crippen LogP contribution in [-0.2, 0) is 17.1 Å². The monoisotopic (exact) mass is 410 g/mol. The van der Waals surface area contributed by atoms with Crippen LogP contribution < -0.4 is 15.5 Å². The van der Waals surface area contributed by atoms with Crippen LogP contribution in [-0.4, -0.2) is 27.6 Å². The number of carbonyl (C=O) groups excluding carboxylic acids is 1. The number of hydrogen-bond acceptors (Lipinski definition) is 6. The minimum Gasteiger partial charge on any atom is -0.491 e. The molecule has 0 aliphatic heterocycles. The number of carbonyl (C=O) groups is 1. The molecule has 0 saturated heterocycles. The molecule has 2 heterocycles. The van der Waals surface area contributed by atoms with Crippen LogP contribution in [0.25, 0.3) is 0 Å². The van der Waals surface area contributed by atoms with Crippen LogP contribution in [0.4, 0.5) is 5.69 Å². The summed E-state index contributed by atoms with van der Waals surface area (Å²) in [5.41, 5.74) is 3.16. The van der Waals surface area contributed by atoms with E-state index >= 15 is 0 Å². The fourth-order valence-electron chi connectivity index (χ4n) is 2.64. The lowest BCUT2D eigenvalue weighted by molar-refractivity contribution is -0.116. The zero-order chi connectivity index (χ0) is 20.8. The first kappa shape index (κ1) is 20.6. The number of aryl methyl sites for hydroxylation is 2. The summed E-state index contributed by atoms with van der Waals surface area (Å²) in [7, 11) is 1.43.